The second-order valence-corrected chi connectivity index (χ2v) is 5.98. The van der Waals surface area contributed by atoms with Crippen LogP contribution in [0.5, 0.6) is 0 Å². The molecule has 1 atom stereocenters. The monoisotopic (exact) mass is 460 g/mol. The van der Waals surface area contributed by atoms with E-state index in [-0.39, 0.29) is 35.7 Å². The number of nitrogens with zero attached hydrogens (tertiary/aromatic N) is 2. The van der Waals surface area contributed by atoms with Gasteiger partial charge in [0.25, 0.3) is 5.69 Å². The van der Waals surface area contributed by atoms with Crippen LogP contribution in [0.3, 0.4) is 0 Å². The number of hydrogen-bond acceptors (Lipinski definition) is 4. The lowest BCUT2D eigenvalue weighted by Gasteiger charge is -2.16. The van der Waals surface area contributed by atoms with Crippen molar-refractivity contribution in [3.63, 3.8) is 0 Å². The van der Waals surface area contributed by atoms with Crippen LogP contribution in [0, 0.1) is 10.1 Å². The molecule has 0 amide bonds. The number of non-ortho nitro benzene ring substituents is 1. The van der Waals surface area contributed by atoms with Crippen molar-refractivity contribution in [2.24, 2.45) is 4.99 Å². The molecule has 1 heterocycles. The zero-order chi connectivity index (χ0) is 16.7. The molecule has 2 N–H and O–H groups in total. The SMILES string of the molecule is CCNC(=NCc1cccc([N+](=O)[O-])c1)NC(C)c1cccs1.I. The van der Waals surface area contributed by atoms with Crippen molar-refractivity contribution in [2.45, 2.75) is 26.4 Å². The van der Waals surface area contributed by atoms with E-state index < -0.39 is 4.92 Å². The second-order valence-electron chi connectivity index (χ2n) is 5.00. The Morgan fingerprint density at radius 3 is 2.79 bits per heavy atom. The Morgan fingerprint density at radius 2 is 2.17 bits per heavy atom. The molecule has 6 nitrogen and oxygen atoms in total. The average molecular weight is 460 g/mol. The van der Waals surface area contributed by atoms with Gasteiger partial charge in [0.2, 0.25) is 0 Å². The van der Waals surface area contributed by atoms with Crippen LogP contribution in [0.2, 0.25) is 0 Å². The Morgan fingerprint density at radius 1 is 1.38 bits per heavy atom. The molecule has 130 valence electrons. The van der Waals surface area contributed by atoms with Gasteiger partial charge in [0.15, 0.2) is 5.96 Å². The van der Waals surface area contributed by atoms with E-state index in [1.807, 2.05) is 24.4 Å². The highest BCUT2D eigenvalue weighted by Crippen LogP contribution is 2.18. The number of thiophene rings is 1. The van der Waals surface area contributed by atoms with Gasteiger partial charge in [-0.05, 0) is 30.9 Å². The number of nitrogens with one attached hydrogen (secondary N) is 2. The van der Waals surface area contributed by atoms with E-state index in [4.69, 9.17) is 0 Å². The Bertz CT molecular complexity index is 676. The standard InChI is InChI=1S/C16H20N4O2S.HI/c1-3-17-16(19-12(2)15-8-5-9-23-15)18-11-13-6-4-7-14(10-13)20(21)22;/h4-10,12H,3,11H2,1-2H3,(H2,17,18,19);1H. The van der Waals surface area contributed by atoms with E-state index in [0.29, 0.717) is 12.5 Å². The van der Waals surface area contributed by atoms with Crippen LogP contribution < -0.4 is 10.6 Å². The molecule has 0 spiro atoms. The van der Waals surface area contributed by atoms with Gasteiger partial charge in [-0.25, -0.2) is 4.99 Å². The summed E-state index contributed by atoms with van der Waals surface area (Å²) in [5, 5.41) is 19.4. The number of rotatable bonds is 6. The smallest absolute Gasteiger partial charge is 0.269 e. The zero-order valence-corrected chi connectivity index (χ0v) is 16.7. The first kappa shape index (κ1) is 20.4. The van der Waals surface area contributed by atoms with E-state index in [9.17, 15) is 10.1 Å². The molecule has 0 saturated carbocycles. The quantitative estimate of drug-likeness (QED) is 0.224. The summed E-state index contributed by atoms with van der Waals surface area (Å²) >= 11 is 1.69. The summed E-state index contributed by atoms with van der Waals surface area (Å²) in [6.07, 6.45) is 0. The topological polar surface area (TPSA) is 79.6 Å². The molecule has 0 saturated heterocycles. The Balaban J connectivity index is 0.00000288. The summed E-state index contributed by atoms with van der Waals surface area (Å²) in [6, 6.07) is 10.8. The highest BCUT2D eigenvalue weighted by Gasteiger charge is 2.09. The normalized spacial score (nSPS) is 12.2. The van der Waals surface area contributed by atoms with Crippen LogP contribution in [0.25, 0.3) is 0 Å². The van der Waals surface area contributed by atoms with Crippen molar-refractivity contribution in [3.05, 3.63) is 62.3 Å². The van der Waals surface area contributed by atoms with Gasteiger partial charge >= 0.3 is 0 Å². The summed E-state index contributed by atoms with van der Waals surface area (Å²) in [5.41, 5.74) is 0.891. The number of halogens is 1. The first-order chi connectivity index (χ1) is 11.1. The molecule has 2 aromatic rings. The predicted octanol–water partition coefficient (Wildman–Crippen LogP) is 4.09. The van der Waals surface area contributed by atoms with Crippen LogP contribution in [-0.4, -0.2) is 17.4 Å². The number of hydrogen-bond donors (Lipinski definition) is 2. The third-order valence-electron chi connectivity index (χ3n) is 3.21. The van der Waals surface area contributed by atoms with E-state index in [0.717, 1.165) is 12.1 Å². The molecule has 8 heteroatoms. The zero-order valence-electron chi connectivity index (χ0n) is 13.6. The summed E-state index contributed by atoms with van der Waals surface area (Å²) in [7, 11) is 0. The molecule has 1 aromatic carbocycles. The molecule has 0 aliphatic rings. The predicted molar refractivity (Wildman–Crippen MR) is 109 cm³/mol. The van der Waals surface area contributed by atoms with Gasteiger partial charge in [0.05, 0.1) is 17.5 Å². The van der Waals surface area contributed by atoms with Crippen molar-refractivity contribution < 1.29 is 4.92 Å². The largest absolute Gasteiger partial charge is 0.357 e. The van der Waals surface area contributed by atoms with Crippen molar-refractivity contribution in [1.82, 2.24) is 10.6 Å². The van der Waals surface area contributed by atoms with E-state index in [2.05, 4.69) is 28.6 Å². The number of nitro groups is 1. The Kier molecular flexibility index (Phi) is 8.69. The molecule has 0 fully saturated rings. The maximum absolute atomic E-state index is 10.8. The van der Waals surface area contributed by atoms with E-state index >= 15 is 0 Å². The molecule has 1 unspecified atom stereocenters. The lowest BCUT2D eigenvalue weighted by molar-refractivity contribution is -0.384. The van der Waals surface area contributed by atoms with Crippen LogP contribution in [0.15, 0.2) is 46.8 Å². The molecular weight excluding hydrogens is 439 g/mol. The third-order valence-corrected chi connectivity index (χ3v) is 4.26. The molecule has 24 heavy (non-hydrogen) atoms. The number of nitro benzene ring substituents is 1. The van der Waals surface area contributed by atoms with Gasteiger partial charge < -0.3 is 10.6 Å². The van der Waals surface area contributed by atoms with Gasteiger partial charge in [0, 0.05) is 23.6 Å². The first-order valence-electron chi connectivity index (χ1n) is 7.41. The maximum atomic E-state index is 10.8. The molecular formula is C16H21IN4O2S. The summed E-state index contributed by atoms with van der Waals surface area (Å²) in [5.74, 6) is 0.694. The van der Waals surface area contributed by atoms with Gasteiger partial charge in [-0.15, -0.1) is 35.3 Å². The number of aliphatic imine (C=N–C) groups is 1. The van der Waals surface area contributed by atoms with Crippen LogP contribution in [0.1, 0.15) is 30.3 Å². The van der Waals surface area contributed by atoms with Crippen LogP contribution in [0.4, 0.5) is 5.69 Å². The van der Waals surface area contributed by atoms with Gasteiger partial charge in [-0.3, -0.25) is 10.1 Å². The maximum Gasteiger partial charge on any atom is 0.269 e. The van der Waals surface area contributed by atoms with Crippen molar-refractivity contribution in [2.75, 3.05) is 6.54 Å². The molecule has 1 aromatic heterocycles. The fourth-order valence-electron chi connectivity index (χ4n) is 2.07. The molecule has 0 aliphatic heterocycles. The van der Waals surface area contributed by atoms with Crippen molar-refractivity contribution >= 4 is 47.0 Å². The molecule has 0 aliphatic carbocycles. The average Bonchev–Trinajstić information content (AvgIpc) is 3.07. The Hall–Kier alpha value is -1.68. The summed E-state index contributed by atoms with van der Waals surface area (Å²) in [6.45, 7) is 5.21. The van der Waals surface area contributed by atoms with Crippen molar-refractivity contribution in [3.8, 4) is 0 Å². The minimum atomic E-state index is -0.393. The summed E-state index contributed by atoms with van der Waals surface area (Å²) < 4.78 is 0. The van der Waals surface area contributed by atoms with E-state index in [1.165, 1.54) is 10.9 Å². The summed E-state index contributed by atoms with van der Waals surface area (Å²) in [4.78, 5) is 16.2. The van der Waals surface area contributed by atoms with Crippen LogP contribution >= 0.6 is 35.3 Å². The lowest BCUT2D eigenvalue weighted by atomic mass is 10.2. The molecule has 0 radical (unpaired) electrons. The highest BCUT2D eigenvalue weighted by molar-refractivity contribution is 14.0. The minimum Gasteiger partial charge on any atom is -0.357 e. The Labute approximate surface area is 162 Å². The number of benzene rings is 1. The lowest BCUT2D eigenvalue weighted by Crippen LogP contribution is -2.38. The van der Waals surface area contributed by atoms with Gasteiger partial charge in [-0.2, -0.15) is 0 Å². The van der Waals surface area contributed by atoms with Gasteiger partial charge in [-0.1, -0.05) is 18.2 Å². The van der Waals surface area contributed by atoms with Gasteiger partial charge in [0.1, 0.15) is 0 Å². The van der Waals surface area contributed by atoms with E-state index in [1.54, 1.807) is 23.5 Å². The second kappa shape index (κ2) is 10.2. The fourth-order valence-corrected chi connectivity index (χ4v) is 2.81. The molecule has 0 bridgehead atoms. The van der Waals surface area contributed by atoms with Crippen molar-refractivity contribution in [1.29, 1.82) is 0 Å². The first-order valence-corrected chi connectivity index (χ1v) is 8.29. The number of guanidine groups is 1. The molecule has 2 rings (SSSR count). The minimum absolute atomic E-state index is 0. The van der Waals surface area contributed by atoms with Crippen LogP contribution in [-0.2, 0) is 6.54 Å². The third kappa shape index (κ3) is 6.08. The fraction of sp³-hybridized carbons (Fsp3) is 0.312. The highest BCUT2D eigenvalue weighted by atomic mass is 127.